The highest BCUT2D eigenvalue weighted by atomic mass is 16.6. The lowest BCUT2D eigenvalue weighted by molar-refractivity contribution is -0.118. The zero-order valence-electron chi connectivity index (χ0n) is 19.1. The summed E-state index contributed by atoms with van der Waals surface area (Å²) < 4.78 is 5.22. The molecule has 4 rings (SSSR count). The van der Waals surface area contributed by atoms with Gasteiger partial charge in [-0.25, -0.2) is 4.79 Å². The molecule has 2 amide bonds. The third-order valence-electron chi connectivity index (χ3n) is 6.15. The van der Waals surface area contributed by atoms with Gasteiger partial charge in [0.05, 0.1) is 17.5 Å². The highest BCUT2D eigenvalue weighted by Crippen LogP contribution is 2.38. The number of anilines is 3. The van der Waals surface area contributed by atoms with Crippen LogP contribution >= 0.6 is 0 Å². The van der Waals surface area contributed by atoms with E-state index in [-0.39, 0.29) is 12.0 Å². The number of benzene rings is 2. The van der Waals surface area contributed by atoms with Crippen LogP contribution in [0.1, 0.15) is 50.7 Å². The van der Waals surface area contributed by atoms with Crippen molar-refractivity contribution in [3.8, 4) is 0 Å². The van der Waals surface area contributed by atoms with Crippen molar-refractivity contribution >= 4 is 29.1 Å². The van der Waals surface area contributed by atoms with E-state index in [0.717, 1.165) is 49.4 Å². The van der Waals surface area contributed by atoms with Crippen LogP contribution in [0, 0.1) is 0 Å². The monoisotopic (exact) mass is 435 g/mol. The summed E-state index contributed by atoms with van der Waals surface area (Å²) >= 11 is 0. The van der Waals surface area contributed by atoms with E-state index >= 15 is 0 Å². The molecule has 6 heteroatoms. The Bertz CT molecular complexity index is 967. The minimum atomic E-state index is -0.489. The van der Waals surface area contributed by atoms with E-state index in [1.54, 1.807) is 0 Å². The smallest absolute Gasteiger partial charge is 0.411 e. The maximum atomic E-state index is 13.6. The van der Waals surface area contributed by atoms with Crippen LogP contribution in [0.25, 0.3) is 0 Å². The van der Waals surface area contributed by atoms with Gasteiger partial charge < -0.3 is 9.64 Å². The number of nitrogens with zero attached hydrogens (tertiary/aromatic N) is 2. The lowest BCUT2D eigenvalue weighted by Gasteiger charge is -2.29. The van der Waals surface area contributed by atoms with Crippen LogP contribution in [0.15, 0.2) is 42.5 Å². The SMILES string of the molecule is CC(C)OC(=O)Nc1ccc2c(c1)N(C(=O)CCN1CCCCC1)c1ccccc1CC2. The third-order valence-corrected chi connectivity index (χ3v) is 6.15. The molecule has 2 aromatic rings. The summed E-state index contributed by atoms with van der Waals surface area (Å²) in [6.45, 7) is 6.57. The molecule has 6 nitrogen and oxygen atoms in total. The fourth-order valence-corrected chi connectivity index (χ4v) is 4.58. The largest absolute Gasteiger partial charge is 0.447 e. The number of amides is 2. The van der Waals surface area contributed by atoms with Crippen molar-refractivity contribution < 1.29 is 14.3 Å². The standard InChI is InChI=1S/C26H33N3O3/c1-19(2)32-26(31)27-22-13-12-21-11-10-20-8-4-5-9-23(20)29(24(21)18-22)25(30)14-17-28-15-6-3-7-16-28/h4-5,8-9,12-13,18-19H,3,6-7,10-11,14-17H2,1-2H3,(H,27,31). The van der Waals surface area contributed by atoms with Gasteiger partial charge in [-0.3, -0.25) is 15.0 Å². The summed E-state index contributed by atoms with van der Waals surface area (Å²) in [6, 6.07) is 13.9. The van der Waals surface area contributed by atoms with Crippen molar-refractivity contribution in [3.63, 3.8) is 0 Å². The minimum Gasteiger partial charge on any atom is -0.447 e. The lowest BCUT2D eigenvalue weighted by Crippen LogP contribution is -2.35. The molecule has 1 N–H and O–H groups in total. The van der Waals surface area contributed by atoms with Crippen molar-refractivity contribution in [1.82, 2.24) is 4.90 Å². The summed E-state index contributed by atoms with van der Waals surface area (Å²) in [5, 5.41) is 2.80. The molecule has 1 fully saturated rings. The van der Waals surface area contributed by atoms with Crippen LogP contribution < -0.4 is 10.2 Å². The second kappa shape index (κ2) is 10.2. The predicted molar refractivity (Wildman–Crippen MR) is 128 cm³/mol. The van der Waals surface area contributed by atoms with Crippen LogP contribution in [-0.2, 0) is 22.4 Å². The Morgan fingerprint density at radius 1 is 0.969 bits per heavy atom. The van der Waals surface area contributed by atoms with E-state index < -0.39 is 6.09 Å². The molecule has 2 aliphatic heterocycles. The average Bonchev–Trinajstić information content (AvgIpc) is 2.94. The number of ether oxygens (including phenoxy) is 1. The molecular formula is C26H33N3O3. The summed E-state index contributed by atoms with van der Waals surface area (Å²) in [5.74, 6) is 0.0908. The van der Waals surface area contributed by atoms with E-state index in [1.807, 2.05) is 55.1 Å². The van der Waals surface area contributed by atoms with Crippen molar-refractivity contribution in [2.24, 2.45) is 0 Å². The number of piperidine rings is 1. The zero-order valence-corrected chi connectivity index (χ0v) is 19.1. The summed E-state index contributed by atoms with van der Waals surface area (Å²) in [6.07, 6.45) is 5.22. The number of rotatable bonds is 5. The molecule has 0 atom stereocenters. The lowest BCUT2D eigenvalue weighted by atomic mass is 10.0. The molecule has 2 heterocycles. The topological polar surface area (TPSA) is 61.9 Å². The van der Waals surface area contributed by atoms with E-state index in [0.29, 0.717) is 12.1 Å². The van der Waals surface area contributed by atoms with Crippen LogP contribution in [0.4, 0.5) is 21.9 Å². The second-order valence-electron chi connectivity index (χ2n) is 8.93. The fourth-order valence-electron chi connectivity index (χ4n) is 4.58. The number of hydrogen-bond acceptors (Lipinski definition) is 4. The Morgan fingerprint density at radius 3 is 2.44 bits per heavy atom. The molecule has 0 spiro atoms. The summed E-state index contributed by atoms with van der Waals surface area (Å²) in [5.41, 5.74) is 4.69. The molecule has 1 saturated heterocycles. The predicted octanol–water partition coefficient (Wildman–Crippen LogP) is 5.28. The van der Waals surface area contributed by atoms with Gasteiger partial charge >= 0.3 is 6.09 Å². The number of likely N-dealkylation sites (tertiary alicyclic amines) is 1. The van der Waals surface area contributed by atoms with E-state index in [1.165, 1.54) is 24.8 Å². The third kappa shape index (κ3) is 5.30. The van der Waals surface area contributed by atoms with Crippen LogP contribution in [0.5, 0.6) is 0 Å². The first-order valence-electron chi connectivity index (χ1n) is 11.7. The number of para-hydroxylation sites is 1. The maximum Gasteiger partial charge on any atom is 0.411 e. The molecule has 0 aromatic heterocycles. The Hall–Kier alpha value is -2.86. The van der Waals surface area contributed by atoms with Gasteiger partial charge in [0.1, 0.15) is 0 Å². The Labute approximate surface area is 190 Å². The molecule has 0 bridgehead atoms. The van der Waals surface area contributed by atoms with E-state index in [4.69, 9.17) is 4.74 Å². The molecule has 0 aliphatic carbocycles. The molecule has 170 valence electrons. The quantitative estimate of drug-likeness (QED) is 0.694. The summed E-state index contributed by atoms with van der Waals surface area (Å²) in [4.78, 5) is 30.0. The number of fused-ring (bicyclic) bond motifs is 2. The number of carbonyl (C=O) groups is 2. The van der Waals surface area contributed by atoms with Crippen molar-refractivity contribution in [1.29, 1.82) is 0 Å². The first kappa shape index (κ1) is 22.3. The molecule has 0 unspecified atom stereocenters. The van der Waals surface area contributed by atoms with Gasteiger partial charge in [0, 0.05) is 18.7 Å². The van der Waals surface area contributed by atoms with Crippen molar-refractivity contribution in [3.05, 3.63) is 53.6 Å². The minimum absolute atomic E-state index is 0.0908. The Kier molecular flexibility index (Phi) is 7.10. The highest BCUT2D eigenvalue weighted by molar-refractivity contribution is 6.03. The van der Waals surface area contributed by atoms with Gasteiger partial charge in [0.25, 0.3) is 0 Å². The first-order valence-corrected chi connectivity index (χ1v) is 11.7. The van der Waals surface area contributed by atoms with Crippen LogP contribution in [0.2, 0.25) is 0 Å². The highest BCUT2D eigenvalue weighted by Gasteiger charge is 2.26. The van der Waals surface area contributed by atoms with Gasteiger partial charge in [0.2, 0.25) is 5.91 Å². The fraction of sp³-hybridized carbons (Fsp3) is 0.462. The number of carbonyl (C=O) groups excluding carboxylic acids is 2. The molecule has 2 aromatic carbocycles. The van der Waals surface area contributed by atoms with E-state index in [9.17, 15) is 9.59 Å². The normalized spacial score (nSPS) is 16.2. The van der Waals surface area contributed by atoms with Crippen LogP contribution in [0.3, 0.4) is 0 Å². The average molecular weight is 436 g/mol. The molecular weight excluding hydrogens is 402 g/mol. The van der Waals surface area contributed by atoms with Gasteiger partial charge in [-0.1, -0.05) is 30.7 Å². The Balaban J connectivity index is 1.62. The molecule has 0 radical (unpaired) electrons. The van der Waals surface area contributed by atoms with Gasteiger partial charge in [-0.15, -0.1) is 0 Å². The zero-order chi connectivity index (χ0) is 22.5. The van der Waals surface area contributed by atoms with Gasteiger partial charge in [-0.05, 0) is 81.9 Å². The second-order valence-corrected chi connectivity index (χ2v) is 8.93. The molecule has 0 saturated carbocycles. The number of aryl methyl sites for hydroxylation is 2. The van der Waals surface area contributed by atoms with E-state index in [2.05, 4.69) is 16.3 Å². The van der Waals surface area contributed by atoms with Gasteiger partial charge in [0.15, 0.2) is 0 Å². The maximum absolute atomic E-state index is 13.6. The van der Waals surface area contributed by atoms with Crippen molar-refractivity contribution in [2.45, 2.75) is 58.5 Å². The number of hydrogen-bond donors (Lipinski definition) is 1. The van der Waals surface area contributed by atoms with Crippen LogP contribution in [-0.4, -0.2) is 42.6 Å². The number of nitrogens with one attached hydrogen (secondary N) is 1. The first-order chi connectivity index (χ1) is 15.5. The molecule has 32 heavy (non-hydrogen) atoms. The van der Waals surface area contributed by atoms with Crippen molar-refractivity contribution in [2.75, 3.05) is 29.9 Å². The Morgan fingerprint density at radius 2 is 1.69 bits per heavy atom. The van der Waals surface area contributed by atoms with Gasteiger partial charge in [-0.2, -0.15) is 0 Å². The molecule has 2 aliphatic rings. The summed E-state index contributed by atoms with van der Waals surface area (Å²) in [7, 11) is 0.